The molecule has 0 aliphatic carbocycles. The predicted molar refractivity (Wildman–Crippen MR) is 90.4 cm³/mol. The van der Waals surface area contributed by atoms with Gasteiger partial charge in [0.05, 0.1) is 11.5 Å². The average Bonchev–Trinajstić information content (AvgIpc) is 2.99. The monoisotopic (exact) mass is 367 g/mol. The van der Waals surface area contributed by atoms with E-state index in [9.17, 15) is 18.9 Å². The van der Waals surface area contributed by atoms with Gasteiger partial charge in [-0.1, -0.05) is 0 Å². The topological polar surface area (TPSA) is 76.7 Å². The van der Waals surface area contributed by atoms with Crippen LogP contribution in [0.3, 0.4) is 0 Å². The van der Waals surface area contributed by atoms with Crippen molar-refractivity contribution in [1.29, 1.82) is 0 Å². The van der Waals surface area contributed by atoms with Crippen molar-refractivity contribution in [3.63, 3.8) is 0 Å². The highest BCUT2D eigenvalue weighted by Crippen LogP contribution is 2.33. The predicted octanol–water partition coefficient (Wildman–Crippen LogP) is 2.25. The van der Waals surface area contributed by atoms with Crippen LogP contribution in [0.1, 0.15) is 5.82 Å². The number of nitro benzene ring substituents is 1. The smallest absolute Gasteiger partial charge is 0.387 e. The van der Waals surface area contributed by atoms with Gasteiger partial charge in [-0.05, 0) is 6.07 Å². The third-order valence-electron chi connectivity index (χ3n) is 4.38. The Morgan fingerprint density at radius 3 is 2.62 bits per heavy atom. The number of aromatic nitrogens is 2. The first-order valence-corrected chi connectivity index (χ1v) is 8.11. The van der Waals surface area contributed by atoms with Crippen molar-refractivity contribution in [2.75, 3.05) is 31.1 Å². The maximum absolute atomic E-state index is 12.5. The van der Waals surface area contributed by atoms with Crippen molar-refractivity contribution < 1.29 is 18.4 Å². The number of hydrogen-bond acceptors (Lipinski definition) is 6. The molecule has 3 rings (SSSR count). The number of rotatable bonds is 6. The average molecular weight is 367 g/mol. The lowest BCUT2D eigenvalue weighted by molar-refractivity contribution is -0.386. The minimum Gasteiger partial charge on any atom is -0.427 e. The number of halogens is 2. The first-order valence-electron chi connectivity index (χ1n) is 8.11. The zero-order valence-corrected chi connectivity index (χ0v) is 14.2. The van der Waals surface area contributed by atoms with Crippen molar-refractivity contribution in [2.24, 2.45) is 7.05 Å². The van der Waals surface area contributed by atoms with Gasteiger partial charge >= 0.3 is 12.3 Å². The van der Waals surface area contributed by atoms with Crippen molar-refractivity contribution >= 4 is 11.4 Å². The van der Waals surface area contributed by atoms with E-state index in [1.54, 1.807) is 12.3 Å². The third kappa shape index (κ3) is 4.07. The molecule has 0 saturated carbocycles. The lowest BCUT2D eigenvalue weighted by atomic mass is 10.2. The summed E-state index contributed by atoms with van der Waals surface area (Å²) in [4.78, 5) is 18.8. The fourth-order valence-corrected chi connectivity index (χ4v) is 2.95. The Balaban J connectivity index is 1.67. The highest BCUT2D eigenvalue weighted by Gasteiger charge is 2.23. The Kier molecular flexibility index (Phi) is 5.31. The second kappa shape index (κ2) is 7.65. The van der Waals surface area contributed by atoms with Crippen molar-refractivity contribution in [1.82, 2.24) is 14.5 Å². The van der Waals surface area contributed by atoms with Gasteiger partial charge in [-0.25, -0.2) is 4.98 Å². The van der Waals surface area contributed by atoms with Crippen molar-refractivity contribution in [3.05, 3.63) is 46.5 Å². The van der Waals surface area contributed by atoms with Crippen molar-refractivity contribution in [3.8, 4) is 5.75 Å². The number of imidazole rings is 1. The number of aryl methyl sites for hydroxylation is 1. The minimum absolute atomic E-state index is 0.419. The van der Waals surface area contributed by atoms with Gasteiger partial charge in [0.2, 0.25) is 5.75 Å². The second-order valence-electron chi connectivity index (χ2n) is 6.01. The number of benzene rings is 1. The van der Waals surface area contributed by atoms with Gasteiger partial charge in [-0.3, -0.25) is 15.0 Å². The quantitative estimate of drug-likeness (QED) is 0.576. The summed E-state index contributed by atoms with van der Waals surface area (Å²) in [6.45, 7) is 0.520. The van der Waals surface area contributed by atoms with Crippen LogP contribution in [0.5, 0.6) is 5.75 Å². The van der Waals surface area contributed by atoms with E-state index in [0.29, 0.717) is 18.8 Å². The van der Waals surface area contributed by atoms with Crippen LogP contribution in [0.15, 0.2) is 30.6 Å². The number of anilines is 1. The Morgan fingerprint density at radius 1 is 1.31 bits per heavy atom. The fraction of sp³-hybridized carbons (Fsp3) is 0.438. The summed E-state index contributed by atoms with van der Waals surface area (Å²) >= 11 is 0. The van der Waals surface area contributed by atoms with E-state index >= 15 is 0 Å². The van der Waals surface area contributed by atoms with Gasteiger partial charge in [0.15, 0.2) is 0 Å². The number of ether oxygens (including phenoxy) is 1. The third-order valence-corrected chi connectivity index (χ3v) is 4.38. The molecule has 1 aromatic carbocycles. The lowest BCUT2D eigenvalue weighted by Gasteiger charge is -2.36. The van der Waals surface area contributed by atoms with Crippen LogP contribution in [0, 0.1) is 10.1 Å². The molecule has 0 radical (unpaired) electrons. The molecule has 1 fully saturated rings. The SMILES string of the molecule is Cn1ccnc1CN1CCN(c2ccc([N+](=O)[O-])c(OC(F)F)c2)CC1. The number of hydrogen-bond donors (Lipinski definition) is 0. The molecule has 8 nitrogen and oxygen atoms in total. The molecule has 26 heavy (non-hydrogen) atoms. The standard InChI is InChI=1S/C16H19F2N5O3/c1-20-5-4-19-15(20)11-21-6-8-22(9-7-21)12-2-3-13(23(24)25)14(10-12)26-16(17)18/h2-5,10,16H,6-9,11H2,1H3. The Labute approximate surface area is 148 Å². The van der Waals surface area contributed by atoms with Gasteiger partial charge < -0.3 is 14.2 Å². The van der Waals surface area contributed by atoms with Gasteiger partial charge in [-0.2, -0.15) is 8.78 Å². The first-order chi connectivity index (χ1) is 12.4. The van der Waals surface area contributed by atoms with Gasteiger partial charge in [0, 0.05) is 63.4 Å². The molecule has 2 heterocycles. The molecule has 1 aromatic heterocycles. The van der Waals surface area contributed by atoms with E-state index in [1.165, 1.54) is 12.1 Å². The molecule has 0 N–H and O–H groups in total. The molecular formula is C16H19F2N5O3. The van der Waals surface area contributed by atoms with Crippen LogP contribution < -0.4 is 9.64 Å². The first kappa shape index (κ1) is 18.1. The Morgan fingerprint density at radius 2 is 2.04 bits per heavy atom. The van der Waals surface area contributed by atoms with E-state index in [0.717, 1.165) is 25.5 Å². The van der Waals surface area contributed by atoms with Crippen molar-refractivity contribution in [2.45, 2.75) is 13.2 Å². The number of nitro groups is 1. The second-order valence-corrected chi connectivity index (χ2v) is 6.01. The summed E-state index contributed by atoms with van der Waals surface area (Å²) in [5.74, 6) is 0.555. The van der Waals surface area contributed by atoms with Crippen LogP contribution >= 0.6 is 0 Å². The fourth-order valence-electron chi connectivity index (χ4n) is 2.95. The number of piperazine rings is 1. The maximum Gasteiger partial charge on any atom is 0.387 e. The summed E-state index contributed by atoms with van der Waals surface area (Å²) in [5.41, 5.74) is 0.158. The summed E-state index contributed by atoms with van der Waals surface area (Å²) in [6, 6.07) is 4.07. The van der Waals surface area contributed by atoms with Crippen LogP contribution in [-0.2, 0) is 13.6 Å². The van der Waals surface area contributed by atoms with Gasteiger partial charge in [0.25, 0.3) is 0 Å². The van der Waals surface area contributed by atoms with Crippen LogP contribution in [0.4, 0.5) is 20.2 Å². The van der Waals surface area contributed by atoms with E-state index in [2.05, 4.69) is 14.6 Å². The van der Waals surface area contributed by atoms with E-state index in [4.69, 9.17) is 0 Å². The van der Waals surface area contributed by atoms with Gasteiger partial charge in [0.1, 0.15) is 5.82 Å². The summed E-state index contributed by atoms with van der Waals surface area (Å²) in [7, 11) is 1.94. The zero-order chi connectivity index (χ0) is 18.7. The minimum atomic E-state index is -3.11. The van der Waals surface area contributed by atoms with E-state index in [-0.39, 0.29) is 0 Å². The highest BCUT2D eigenvalue weighted by molar-refractivity contribution is 5.59. The molecule has 140 valence electrons. The Bertz CT molecular complexity index is 775. The molecule has 0 bridgehead atoms. The molecular weight excluding hydrogens is 348 g/mol. The number of nitrogens with zero attached hydrogens (tertiary/aromatic N) is 5. The molecule has 10 heteroatoms. The largest absolute Gasteiger partial charge is 0.427 e. The molecule has 0 atom stereocenters. The Hall–Kier alpha value is -2.75. The lowest BCUT2D eigenvalue weighted by Crippen LogP contribution is -2.46. The van der Waals surface area contributed by atoms with E-state index in [1.807, 2.05) is 22.7 Å². The molecule has 1 aliphatic heterocycles. The molecule has 2 aromatic rings. The van der Waals surface area contributed by atoms with Crippen LogP contribution in [0.2, 0.25) is 0 Å². The zero-order valence-electron chi connectivity index (χ0n) is 14.2. The van der Waals surface area contributed by atoms with E-state index < -0.39 is 23.0 Å². The molecule has 0 amide bonds. The molecule has 1 saturated heterocycles. The normalized spacial score (nSPS) is 15.5. The maximum atomic E-state index is 12.5. The molecule has 0 spiro atoms. The van der Waals surface area contributed by atoms with Crippen LogP contribution in [0.25, 0.3) is 0 Å². The molecule has 0 unspecified atom stereocenters. The van der Waals surface area contributed by atoms with Crippen LogP contribution in [-0.4, -0.2) is 52.2 Å². The summed E-state index contributed by atoms with van der Waals surface area (Å²) < 4.78 is 31.3. The van der Waals surface area contributed by atoms with Gasteiger partial charge in [-0.15, -0.1) is 0 Å². The summed E-state index contributed by atoms with van der Waals surface area (Å²) in [5, 5.41) is 11.0. The number of alkyl halides is 2. The summed E-state index contributed by atoms with van der Waals surface area (Å²) in [6.07, 6.45) is 3.65. The molecule has 1 aliphatic rings. The highest BCUT2D eigenvalue weighted by atomic mass is 19.3.